The quantitative estimate of drug-likeness (QED) is 0.271. The molecule has 0 aliphatic carbocycles. The van der Waals surface area contributed by atoms with Crippen molar-refractivity contribution >= 4 is 22.5 Å². The van der Waals surface area contributed by atoms with Crippen LogP contribution in [0.2, 0.25) is 0 Å². The van der Waals surface area contributed by atoms with Crippen LogP contribution in [0.25, 0.3) is 16.5 Å². The molecule has 8 heteroatoms. The highest BCUT2D eigenvalue weighted by molar-refractivity contribution is 5.95. The van der Waals surface area contributed by atoms with Gasteiger partial charge in [-0.3, -0.25) is 4.79 Å². The number of furan rings is 1. The molecule has 34 heavy (non-hydrogen) atoms. The van der Waals surface area contributed by atoms with Gasteiger partial charge in [0, 0.05) is 22.1 Å². The van der Waals surface area contributed by atoms with Gasteiger partial charge in [-0.1, -0.05) is 36.9 Å². The summed E-state index contributed by atoms with van der Waals surface area (Å²) in [6, 6.07) is 10.4. The lowest BCUT2D eigenvalue weighted by Crippen LogP contribution is -2.04. The summed E-state index contributed by atoms with van der Waals surface area (Å²) in [7, 11) is 0. The Kier molecular flexibility index (Phi) is 7.29. The van der Waals surface area contributed by atoms with Gasteiger partial charge in [0.25, 0.3) is 0 Å². The van der Waals surface area contributed by atoms with Crippen LogP contribution in [0.15, 0.2) is 77.0 Å². The molecule has 0 saturated carbocycles. The molecular weight excluding hydrogens is 452 g/mol. The maximum atomic E-state index is 15.0. The summed E-state index contributed by atoms with van der Waals surface area (Å²) in [5.41, 5.74) is 1.24. The average Bonchev–Trinajstić information content (AvgIpc) is 3.20. The lowest BCUT2D eigenvalue weighted by molar-refractivity contribution is -0.152. The topological polar surface area (TPSA) is 59.7 Å². The van der Waals surface area contributed by atoms with Gasteiger partial charge in [0.15, 0.2) is 0 Å². The molecule has 4 nitrogen and oxygen atoms in total. The number of hydrogen-bond acceptors (Lipinski definition) is 3. The Hall–Kier alpha value is -3.81. The molecule has 0 saturated heterocycles. The van der Waals surface area contributed by atoms with Crippen molar-refractivity contribution < 1.29 is 36.6 Å². The average molecular weight is 474 g/mol. The van der Waals surface area contributed by atoms with Gasteiger partial charge in [0.05, 0.1) is 6.42 Å². The number of carbonyl (C=O) groups is 1. The second kappa shape index (κ2) is 9.99. The SMILES string of the molecule is C=C/C=C(\C(F)=C(C)C)c1cc(COc2ccccc2CC(=O)O)cc2cc(C(F)(F)F)oc12. The first-order valence-corrected chi connectivity index (χ1v) is 10.2. The Bertz CT molecular complexity index is 1290. The zero-order chi connectivity index (χ0) is 25.0. The van der Waals surface area contributed by atoms with Crippen LogP contribution >= 0.6 is 0 Å². The van der Waals surface area contributed by atoms with Gasteiger partial charge in [-0.2, -0.15) is 13.2 Å². The molecule has 2 aromatic carbocycles. The fraction of sp³-hybridized carbons (Fsp3) is 0.192. The normalized spacial score (nSPS) is 12.0. The second-order valence-electron chi connectivity index (χ2n) is 7.77. The molecule has 3 aromatic rings. The van der Waals surface area contributed by atoms with Crippen molar-refractivity contribution in [3.05, 3.63) is 95.0 Å². The summed E-state index contributed by atoms with van der Waals surface area (Å²) < 4.78 is 65.9. The number of ether oxygens (including phenoxy) is 1. The number of alkyl halides is 3. The molecule has 0 radical (unpaired) electrons. The maximum Gasteiger partial charge on any atom is 0.449 e. The van der Waals surface area contributed by atoms with Crippen molar-refractivity contribution in [1.82, 2.24) is 0 Å². The number of fused-ring (bicyclic) bond motifs is 1. The third-order valence-electron chi connectivity index (χ3n) is 4.91. The number of allylic oxidation sites excluding steroid dienone is 5. The summed E-state index contributed by atoms with van der Waals surface area (Å²) in [5, 5.41) is 9.22. The predicted molar refractivity (Wildman–Crippen MR) is 121 cm³/mol. The Morgan fingerprint density at radius 2 is 1.88 bits per heavy atom. The summed E-state index contributed by atoms with van der Waals surface area (Å²) in [5.74, 6) is -2.53. The summed E-state index contributed by atoms with van der Waals surface area (Å²) in [4.78, 5) is 11.1. The highest BCUT2D eigenvalue weighted by atomic mass is 19.4. The van der Waals surface area contributed by atoms with Gasteiger partial charge < -0.3 is 14.3 Å². The maximum absolute atomic E-state index is 15.0. The Morgan fingerprint density at radius 1 is 1.18 bits per heavy atom. The molecule has 0 atom stereocenters. The molecule has 3 rings (SSSR count). The van der Waals surface area contributed by atoms with Crippen LogP contribution in [-0.2, 0) is 24.0 Å². The zero-order valence-electron chi connectivity index (χ0n) is 18.5. The number of carboxylic acids is 1. The second-order valence-corrected chi connectivity index (χ2v) is 7.77. The van der Waals surface area contributed by atoms with Gasteiger partial charge in [0.1, 0.15) is 23.8 Å². The van der Waals surface area contributed by atoms with E-state index in [2.05, 4.69) is 6.58 Å². The number of aliphatic carboxylic acids is 1. The summed E-state index contributed by atoms with van der Waals surface area (Å²) in [6.45, 7) is 6.56. The van der Waals surface area contributed by atoms with Gasteiger partial charge in [-0.05, 0) is 49.2 Å². The fourth-order valence-electron chi connectivity index (χ4n) is 3.42. The minimum Gasteiger partial charge on any atom is -0.489 e. The number of benzene rings is 2. The van der Waals surface area contributed by atoms with E-state index in [1.54, 1.807) is 38.1 Å². The van der Waals surface area contributed by atoms with Crippen molar-refractivity contribution in [2.75, 3.05) is 0 Å². The van der Waals surface area contributed by atoms with Gasteiger partial charge in [-0.15, -0.1) is 0 Å². The van der Waals surface area contributed by atoms with Crippen molar-refractivity contribution in [3.63, 3.8) is 0 Å². The van der Waals surface area contributed by atoms with Crippen molar-refractivity contribution in [2.24, 2.45) is 0 Å². The molecule has 1 heterocycles. The van der Waals surface area contributed by atoms with E-state index >= 15 is 4.39 Å². The van der Waals surface area contributed by atoms with Crippen LogP contribution < -0.4 is 4.74 Å². The minimum absolute atomic E-state index is 0.0243. The first-order chi connectivity index (χ1) is 16.0. The third kappa shape index (κ3) is 5.57. The first kappa shape index (κ1) is 24.8. The van der Waals surface area contributed by atoms with E-state index in [-0.39, 0.29) is 35.1 Å². The molecule has 0 amide bonds. The number of carboxylic acid groups (broad SMARTS) is 1. The smallest absolute Gasteiger partial charge is 0.449 e. The number of hydrogen-bond donors (Lipinski definition) is 1. The highest BCUT2D eigenvalue weighted by Crippen LogP contribution is 2.39. The Labute approximate surface area is 193 Å². The molecule has 0 unspecified atom stereocenters. The van der Waals surface area contributed by atoms with Crippen LogP contribution in [-0.4, -0.2) is 11.1 Å². The van der Waals surface area contributed by atoms with E-state index in [1.165, 1.54) is 24.3 Å². The number of rotatable bonds is 8. The zero-order valence-corrected chi connectivity index (χ0v) is 18.5. The van der Waals surface area contributed by atoms with Crippen LogP contribution in [0.3, 0.4) is 0 Å². The first-order valence-electron chi connectivity index (χ1n) is 10.2. The van der Waals surface area contributed by atoms with Crippen LogP contribution in [0.1, 0.15) is 36.3 Å². The van der Waals surface area contributed by atoms with Crippen LogP contribution in [0.5, 0.6) is 5.75 Å². The monoisotopic (exact) mass is 474 g/mol. The van der Waals surface area contributed by atoms with Gasteiger partial charge in [0.2, 0.25) is 5.76 Å². The molecule has 1 aromatic heterocycles. The highest BCUT2D eigenvalue weighted by Gasteiger charge is 2.36. The molecule has 178 valence electrons. The van der Waals surface area contributed by atoms with Crippen LogP contribution in [0.4, 0.5) is 17.6 Å². The van der Waals surface area contributed by atoms with E-state index in [9.17, 15) is 18.0 Å². The predicted octanol–water partition coefficient (Wildman–Crippen LogP) is 7.49. The van der Waals surface area contributed by atoms with E-state index in [0.717, 1.165) is 6.07 Å². The summed E-state index contributed by atoms with van der Waals surface area (Å²) >= 11 is 0. The molecule has 0 aliphatic heterocycles. The van der Waals surface area contributed by atoms with Gasteiger partial charge in [-0.25, -0.2) is 4.39 Å². The number of para-hydroxylation sites is 1. The Morgan fingerprint density at radius 3 is 2.50 bits per heavy atom. The molecule has 0 bridgehead atoms. The molecule has 1 N–H and O–H groups in total. The molecular formula is C26H22F4O4. The van der Waals surface area contributed by atoms with Crippen LogP contribution in [0, 0.1) is 0 Å². The summed E-state index contributed by atoms with van der Waals surface area (Å²) in [6.07, 6.45) is -2.28. The standard InChI is InChI=1S/C26H22F4O4/c1-4-7-19(24(27)15(2)3)20-11-16(10-18-12-22(26(28,29)30)34-25(18)20)14-33-21-9-6-5-8-17(21)13-23(31)32/h4-12H,1,13-14H2,2-3H3,(H,31,32)/b19-7-. The lowest BCUT2D eigenvalue weighted by atomic mass is 9.97. The van der Waals surface area contributed by atoms with Crippen molar-refractivity contribution in [3.8, 4) is 5.75 Å². The number of halogens is 4. The Balaban J connectivity index is 2.12. The fourth-order valence-corrected chi connectivity index (χ4v) is 3.42. The largest absolute Gasteiger partial charge is 0.489 e. The third-order valence-corrected chi connectivity index (χ3v) is 4.91. The van der Waals surface area contributed by atoms with Gasteiger partial charge >= 0.3 is 12.1 Å². The van der Waals surface area contributed by atoms with E-state index in [0.29, 0.717) is 22.4 Å². The van der Waals surface area contributed by atoms with Crippen molar-refractivity contribution in [1.29, 1.82) is 0 Å². The minimum atomic E-state index is -4.72. The van der Waals surface area contributed by atoms with Crippen molar-refractivity contribution in [2.45, 2.75) is 33.1 Å². The van der Waals surface area contributed by atoms with E-state index < -0.39 is 23.7 Å². The van der Waals surface area contributed by atoms with E-state index in [1.807, 2.05) is 0 Å². The molecule has 0 fully saturated rings. The van der Waals surface area contributed by atoms with E-state index in [4.69, 9.17) is 14.3 Å². The molecule has 0 aliphatic rings. The lowest BCUT2D eigenvalue weighted by Gasteiger charge is -2.13. The molecule has 0 spiro atoms.